The van der Waals surface area contributed by atoms with Gasteiger partial charge in [0.15, 0.2) is 0 Å². The number of aromatic nitrogens is 2. The molecule has 1 aromatic rings. The summed E-state index contributed by atoms with van der Waals surface area (Å²) in [7, 11) is 0. The molecule has 3 heterocycles. The number of ether oxygens (including phenoxy) is 1. The van der Waals surface area contributed by atoms with Gasteiger partial charge in [0.1, 0.15) is 12.1 Å². The van der Waals surface area contributed by atoms with Crippen molar-refractivity contribution in [2.45, 2.75) is 44.7 Å². The Hall–Kier alpha value is -1.00. The molecule has 1 saturated carbocycles. The molecule has 148 valence electrons. The smallest absolute Gasteiger partial charge is 0.225 e. The number of piperazine rings is 1. The predicted octanol–water partition coefficient (Wildman–Crippen LogP) is 1.83. The van der Waals surface area contributed by atoms with Crippen molar-refractivity contribution >= 4 is 34.3 Å². The van der Waals surface area contributed by atoms with E-state index in [2.05, 4.69) is 42.4 Å². The number of halogens is 1. The standard InChI is InChI=1S/C19H28IN5O2/c20-13-27-11-5-18(26)25-6-4-16-17(12-25)21-14-22-19(16)24-9-7-23(8-10-24)15-2-1-3-15/h14-15H,1-13H2. The molecule has 0 spiro atoms. The summed E-state index contributed by atoms with van der Waals surface area (Å²) in [6, 6.07) is 0.821. The summed E-state index contributed by atoms with van der Waals surface area (Å²) in [5.74, 6) is 1.24. The van der Waals surface area contributed by atoms with E-state index in [-0.39, 0.29) is 5.91 Å². The van der Waals surface area contributed by atoms with Crippen LogP contribution in [0.1, 0.15) is 36.9 Å². The quantitative estimate of drug-likeness (QED) is 0.348. The fourth-order valence-corrected chi connectivity index (χ4v) is 4.56. The van der Waals surface area contributed by atoms with E-state index in [0.717, 1.165) is 56.7 Å². The van der Waals surface area contributed by atoms with Gasteiger partial charge in [0.25, 0.3) is 0 Å². The Labute approximate surface area is 174 Å². The maximum absolute atomic E-state index is 12.4. The van der Waals surface area contributed by atoms with E-state index in [4.69, 9.17) is 4.74 Å². The summed E-state index contributed by atoms with van der Waals surface area (Å²) < 4.78 is 5.93. The maximum atomic E-state index is 12.4. The molecule has 7 nitrogen and oxygen atoms in total. The van der Waals surface area contributed by atoms with Crippen molar-refractivity contribution in [3.05, 3.63) is 17.6 Å². The van der Waals surface area contributed by atoms with Crippen molar-refractivity contribution in [1.29, 1.82) is 0 Å². The minimum Gasteiger partial charge on any atom is -0.371 e. The molecule has 0 unspecified atom stereocenters. The van der Waals surface area contributed by atoms with Crippen LogP contribution >= 0.6 is 22.6 Å². The first kappa shape index (κ1) is 19.3. The zero-order chi connectivity index (χ0) is 18.6. The van der Waals surface area contributed by atoms with E-state index < -0.39 is 0 Å². The molecule has 0 aromatic carbocycles. The zero-order valence-corrected chi connectivity index (χ0v) is 17.9. The molecule has 8 heteroatoms. The fraction of sp³-hybridized carbons (Fsp3) is 0.737. The Morgan fingerprint density at radius 3 is 2.70 bits per heavy atom. The summed E-state index contributed by atoms with van der Waals surface area (Å²) in [5, 5.41) is 0. The minimum atomic E-state index is 0.153. The third-order valence-corrected chi connectivity index (χ3v) is 6.52. The molecular weight excluding hydrogens is 457 g/mol. The third kappa shape index (κ3) is 4.37. The molecule has 1 aliphatic carbocycles. The van der Waals surface area contributed by atoms with E-state index in [1.54, 1.807) is 6.33 Å². The van der Waals surface area contributed by atoms with Crippen LogP contribution in [0.5, 0.6) is 0 Å². The Morgan fingerprint density at radius 2 is 2.00 bits per heavy atom. The Bertz CT molecular complexity index is 662. The highest BCUT2D eigenvalue weighted by Gasteiger charge is 2.30. The number of fused-ring (bicyclic) bond motifs is 1. The molecule has 0 atom stereocenters. The zero-order valence-electron chi connectivity index (χ0n) is 15.8. The van der Waals surface area contributed by atoms with Crippen molar-refractivity contribution in [2.24, 2.45) is 0 Å². The van der Waals surface area contributed by atoms with Gasteiger partial charge in [0.05, 0.1) is 29.9 Å². The number of amides is 1. The molecular formula is C19H28IN5O2. The van der Waals surface area contributed by atoms with Crippen molar-refractivity contribution in [3.63, 3.8) is 0 Å². The van der Waals surface area contributed by atoms with E-state index in [1.165, 1.54) is 24.8 Å². The molecule has 2 fully saturated rings. The fourth-order valence-electron chi connectivity index (χ4n) is 4.25. The number of carbonyl (C=O) groups excluding carboxylic acids is 1. The molecule has 2 aliphatic heterocycles. The molecule has 0 bridgehead atoms. The molecule has 1 amide bonds. The second-order valence-electron chi connectivity index (χ2n) is 7.56. The van der Waals surface area contributed by atoms with Crippen LogP contribution in [-0.2, 0) is 22.5 Å². The number of rotatable bonds is 6. The molecule has 1 aromatic heterocycles. The van der Waals surface area contributed by atoms with Crippen LogP contribution < -0.4 is 4.90 Å². The average molecular weight is 485 g/mol. The summed E-state index contributed by atoms with van der Waals surface area (Å²) in [6.45, 7) is 6.17. The van der Waals surface area contributed by atoms with Crippen molar-refractivity contribution < 1.29 is 9.53 Å². The lowest BCUT2D eigenvalue weighted by atomic mass is 9.91. The van der Waals surface area contributed by atoms with Crippen LogP contribution in [0.15, 0.2) is 6.33 Å². The second-order valence-corrected chi connectivity index (χ2v) is 8.19. The van der Waals surface area contributed by atoms with Gasteiger partial charge in [-0.15, -0.1) is 0 Å². The normalized spacial score (nSPS) is 21.1. The highest BCUT2D eigenvalue weighted by atomic mass is 127. The number of hydrogen-bond acceptors (Lipinski definition) is 6. The number of nitrogens with zero attached hydrogens (tertiary/aromatic N) is 5. The molecule has 3 aliphatic rings. The van der Waals surface area contributed by atoms with Crippen LogP contribution in [0.25, 0.3) is 0 Å². The lowest BCUT2D eigenvalue weighted by molar-refractivity contribution is -0.133. The van der Waals surface area contributed by atoms with Gasteiger partial charge in [-0.1, -0.05) is 29.0 Å². The number of alkyl halides is 1. The summed E-state index contributed by atoms with van der Waals surface area (Å²) in [6.07, 6.45) is 7.08. The van der Waals surface area contributed by atoms with Crippen molar-refractivity contribution in [2.75, 3.05) is 48.8 Å². The van der Waals surface area contributed by atoms with Gasteiger partial charge >= 0.3 is 0 Å². The molecule has 0 radical (unpaired) electrons. The lowest BCUT2D eigenvalue weighted by Crippen LogP contribution is -2.52. The predicted molar refractivity (Wildman–Crippen MR) is 112 cm³/mol. The average Bonchev–Trinajstić information content (AvgIpc) is 2.66. The van der Waals surface area contributed by atoms with Crippen LogP contribution in [0, 0.1) is 0 Å². The van der Waals surface area contributed by atoms with E-state index in [9.17, 15) is 4.79 Å². The molecule has 4 rings (SSSR count). The number of anilines is 1. The Kier molecular flexibility index (Phi) is 6.44. The highest BCUT2D eigenvalue weighted by Crippen LogP contribution is 2.29. The first-order valence-corrected chi connectivity index (χ1v) is 11.5. The van der Waals surface area contributed by atoms with Gasteiger partial charge in [-0.3, -0.25) is 9.69 Å². The first-order chi connectivity index (χ1) is 13.3. The summed E-state index contributed by atoms with van der Waals surface area (Å²) in [4.78, 5) is 28.5. The van der Waals surface area contributed by atoms with Gasteiger partial charge in [0.2, 0.25) is 5.91 Å². The van der Waals surface area contributed by atoms with Crippen LogP contribution in [0.4, 0.5) is 5.82 Å². The Balaban J connectivity index is 1.38. The lowest BCUT2D eigenvalue weighted by Gasteiger charge is -2.43. The first-order valence-electron chi connectivity index (χ1n) is 9.99. The summed E-state index contributed by atoms with van der Waals surface area (Å²) in [5.41, 5.74) is 2.25. The van der Waals surface area contributed by atoms with Gasteiger partial charge < -0.3 is 14.5 Å². The monoisotopic (exact) mass is 485 g/mol. The minimum absolute atomic E-state index is 0.153. The van der Waals surface area contributed by atoms with Crippen molar-refractivity contribution in [3.8, 4) is 0 Å². The van der Waals surface area contributed by atoms with Gasteiger partial charge in [-0.2, -0.15) is 0 Å². The van der Waals surface area contributed by atoms with Crippen LogP contribution in [-0.4, -0.2) is 75.7 Å². The van der Waals surface area contributed by atoms with E-state index >= 15 is 0 Å². The number of carbonyl (C=O) groups is 1. The summed E-state index contributed by atoms with van der Waals surface area (Å²) >= 11 is 2.15. The van der Waals surface area contributed by atoms with Gasteiger partial charge in [-0.25, -0.2) is 9.97 Å². The van der Waals surface area contributed by atoms with Gasteiger partial charge in [-0.05, 0) is 19.3 Å². The van der Waals surface area contributed by atoms with Crippen LogP contribution in [0.3, 0.4) is 0 Å². The Morgan fingerprint density at radius 1 is 1.19 bits per heavy atom. The maximum Gasteiger partial charge on any atom is 0.225 e. The SMILES string of the molecule is O=C(CCOCI)N1CCc2c(ncnc2N2CCN(C3CCC3)CC2)C1. The van der Waals surface area contributed by atoms with Crippen LogP contribution in [0.2, 0.25) is 0 Å². The largest absolute Gasteiger partial charge is 0.371 e. The topological polar surface area (TPSA) is 61.8 Å². The molecule has 1 saturated heterocycles. The number of hydrogen-bond donors (Lipinski definition) is 0. The van der Waals surface area contributed by atoms with E-state index in [0.29, 0.717) is 24.2 Å². The van der Waals surface area contributed by atoms with E-state index in [1.807, 2.05) is 4.90 Å². The molecule has 0 N–H and O–H groups in total. The third-order valence-electron chi connectivity index (χ3n) is 6.08. The highest BCUT2D eigenvalue weighted by molar-refractivity contribution is 14.1. The van der Waals surface area contributed by atoms with Gasteiger partial charge in [0, 0.05) is 44.3 Å². The molecule has 27 heavy (non-hydrogen) atoms. The van der Waals surface area contributed by atoms with Crippen molar-refractivity contribution in [1.82, 2.24) is 19.8 Å². The second kappa shape index (κ2) is 9.00.